The smallest absolute Gasteiger partial charge is 0.376 e. The van der Waals surface area contributed by atoms with Crippen molar-refractivity contribution in [3.8, 4) is 10.4 Å². The van der Waals surface area contributed by atoms with Gasteiger partial charge in [0, 0.05) is 14.8 Å². The number of ketones is 1. The Bertz CT molecular complexity index is 658. The van der Waals surface area contributed by atoms with Crippen molar-refractivity contribution in [2.45, 2.75) is 0 Å². The fourth-order valence-electron chi connectivity index (χ4n) is 1.47. The van der Waals surface area contributed by atoms with Gasteiger partial charge in [0.2, 0.25) is 0 Å². The lowest BCUT2D eigenvalue weighted by atomic mass is 10.2. The number of carboxylic acids is 1. The number of halogens is 1. The van der Waals surface area contributed by atoms with Gasteiger partial charge in [-0.1, -0.05) is 23.7 Å². The van der Waals surface area contributed by atoms with Crippen LogP contribution in [0.2, 0.25) is 5.02 Å². The van der Waals surface area contributed by atoms with Crippen LogP contribution < -0.4 is 0 Å². The molecule has 1 N–H and O–H groups in total. The minimum atomic E-state index is -1.46. The van der Waals surface area contributed by atoms with Gasteiger partial charge in [-0.2, -0.15) is 0 Å². The number of thiophene rings is 1. The molecule has 0 fully saturated rings. The summed E-state index contributed by atoms with van der Waals surface area (Å²) in [5, 5.41) is 9.12. The van der Waals surface area contributed by atoms with Crippen molar-refractivity contribution < 1.29 is 14.7 Å². The highest BCUT2D eigenvalue weighted by atomic mass is 35.5. The van der Waals surface area contributed by atoms with Crippen molar-refractivity contribution in [1.82, 2.24) is 0 Å². The molecule has 0 bridgehead atoms. The van der Waals surface area contributed by atoms with E-state index in [9.17, 15) is 9.59 Å². The van der Waals surface area contributed by atoms with E-state index in [2.05, 4.69) is 0 Å². The van der Waals surface area contributed by atoms with Crippen LogP contribution >= 0.6 is 22.9 Å². The number of aliphatic carboxylic acids is 1. The summed E-state index contributed by atoms with van der Waals surface area (Å²) in [5.74, 6) is -2.39. The molecular formula is C14H9ClO3S. The second kappa shape index (κ2) is 5.82. The summed E-state index contributed by atoms with van der Waals surface area (Å²) in [6.45, 7) is 0. The third-order valence-electron chi connectivity index (χ3n) is 2.35. The monoisotopic (exact) mass is 292 g/mol. The van der Waals surface area contributed by atoms with Crippen LogP contribution in [0.3, 0.4) is 0 Å². The first-order valence-electron chi connectivity index (χ1n) is 5.37. The van der Waals surface area contributed by atoms with E-state index in [0.717, 1.165) is 21.4 Å². The van der Waals surface area contributed by atoms with E-state index in [1.165, 1.54) is 17.4 Å². The third kappa shape index (κ3) is 3.53. The van der Waals surface area contributed by atoms with Crippen LogP contribution in [0.15, 0.2) is 42.5 Å². The highest BCUT2D eigenvalue weighted by molar-refractivity contribution is 7.16. The van der Waals surface area contributed by atoms with E-state index >= 15 is 0 Å². The molecule has 0 amide bonds. The van der Waals surface area contributed by atoms with Crippen molar-refractivity contribution in [1.29, 1.82) is 0 Å². The van der Waals surface area contributed by atoms with Gasteiger partial charge in [-0.25, -0.2) is 4.79 Å². The number of hydrogen-bond donors (Lipinski definition) is 1. The van der Waals surface area contributed by atoms with E-state index in [1.54, 1.807) is 6.07 Å². The van der Waals surface area contributed by atoms with Crippen LogP contribution in [0, 0.1) is 0 Å². The Kier molecular flexibility index (Phi) is 4.14. The standard InChI is InChI=1S/C14H9ClO3S/c15-10-3-1-2-9(8-10)13-7-5-11(19-13)4-6-12(16)14(17)18/h1-8H,(H,17,18)/b6-4+. The second-order valence-electron chi connectivity index (χ2n) is 3.72. The van der Waals surface area contributed by atoms with E-state index in [-0.39, 0.29) is 0 Å². The van der Waals surface area contributed by atoms with Gasteiger partial charge in [-0.05, 0) is 42.0 Å². The number of benzene rings is 1. The lowest BCUT2D eigenvalue weighted by Crippen LogP contribution is -2.08. The van der Waals surface area contributed by atoms with Gasteiger partial charge in [-0.3, -0.25) is 4.79 Å². The van der Waals surface area contributed by atoms with Gasteiger partial charge < -0.3 is 5.11 Å². The number of carbonyl (C=O) groups is 2. The molecule has 0 aliphatic rings. The van der Waals surface area contributed by atoms with Gasteiger partial charge in [0.25, 0.3) is 5.78 Å². The number of carboxylic acid groups (broad SMARTS) is 1. The van der Waals surface area contributed by atoms with Crippen molar-refractivity contribution in [2.24, 2.45) is 0 Å². The van der Waals surface area contributed by atoms with Crippen LogP contribution in [0.25, 0.3) is 16.5 Å². The number of rotatable bonds is 4. The molecule has 1 aromatic heterocycles. The minimum Gasteiger partial charge on any atom is -0.475 e. The maximum atomic E-state index is 10.9. The normalized spacial score (nSPS) is 10.8. The minimum absolute atomic E-state index is 0.657. The molecular weight excluding hydrogens is 284 g/mol. The summed E-state index contributed by atoms with van der Waals surface area (Å²) in [4.78, 5) is 23.1. The second-order valence-corrected chi connectivity index (χ2v) is 5.27. The van der Waals surface area contributed by atoms with Crippen molar-refractivity contribution in [2.75, 3.05) is 0 Å². The molecule has 96 valence electrons. The molecule has 1 aromatic carbocycles. The Labute approximate surface area is 118 Å². The highest BCUT2D eigenvalue weighted by Crippen LogP contribution is 2.30. The lowest BCUT2D eigenvalue weighted by molar-refractivity contribution is -0.146. The Hall–Kier alpha value is -1.91. The molecule has 5 heteroatoms. The molecule has 1 heterocycles. The fourth-order valence-corrected chi connectivity index (χ4v) is 2.57. The summed E-state index contributed by atoms with van der Waals surface area (Å²) < 4.78 is 0. The summed E-state index contributed by atoms with van der Waals surface area (Å²) in [6.07, 6.45) is 2.55. The van der Waals surface area contributed by atoms with Gasteiger partial charge in [-0.15, -0.1) is 11.3 Å². The molecule has 0 aliphatic heterocycles. The predicted molar refractivity (Wildman–Crippen MR) is 76.4 cm³/mol. The molecule has 19 heavy (non-hydrogen) atoms. The average molecular weight is 293 g/mol. The molecule has 0 atom stereocenters. The van der Waals surface area contributed by atoms with Crippen LogP contribution in [0.1, 0.15) is 4.88 Å². The lowest BCUT2D eigenvalue weighted by Gasteiger charge is -1.96. The summed E-state index contributed by atoms with van der Waals surface area (Å²) in [5.41, 5.74) is 0.988. The quantitative estimate of drug-likeness (QED) is 0.690. The maximum absolute atomic E-state index is 10.9. The topological polar surface area (TPSA) is 54.4 Å². The Morgan fingerprint density at radius 1 is 1.21 bits per heavy atom. The maximum Gasteiger partial charge on any atom is 0.376 e. The van der Waals surface area contributed by atoms with Gasteiger partial charge in [0.1, 0.15) is 0 Å². The molecule has 0 spiro atoms. The van der Waals surface area contributed by atoms with Gasteiger partial charge in [0.15, 0.2) is 0 Å². The molecule has 0 saturated heterocycles. The predicted octanol–water partition coefficient (Wildman–Crippen LogP) is 3.74. The zero-order valence-electron chi connectivity index (χ0n) is 9.67. The zero-order chi connectivity index (χ0) is 13.8. The van der Waals surface area contributed by atoms with E-state index in [0.29, 0.717) is 5.02 Å². The van der Waals surface area contributed by atoms with E-state index in [1.807, 2.05) is 30.3 Å². The van der Waals surface area contributed by atoms with E-state index < -0.39 is 11.8 Å². The van der Waals surface area contributed by atoms with Crippen molar-refractivity contribution in [3.05, 3.63) is 52.4 Å². The molecule has 0 radical (unpaired) electrons. The molecule has 2 aromatic rings. The van der Waals surface area contributed by atoms with Crippen LogP contribution in [-0.4, -0.2) is 16.9 Å². The van der Waals surface area contributed by atoms with Crippen LogP contribution in [0.4, 0.5) is 0 Å². The largest absolute Gasteiger partial charge is 0.475 e. The van der Waals surface area contributed by atoms with Crippen LogP contribution in [0.5, 0.6) is 0 Å². The first-order valence-corrected chi connectivity index (χ1v) is 6.57. The highest BCUT2D eigenvalue weighted by Gasteiger charge is 2.06. The van der Waals surface area contributed by atoms with E-state index in [4.69, 9.17) is 16.7 Å². The SMILES string of the molecule is O=C(O)C(=O)/C=C/c1ccc(-c2cccc(Cl)c2)s1. The molecule has 0 saturated carbocycles. The first kappa shape index (κ1) is 13.5. The van der Waals surface area contributed by atoms with Crippen molar-refractivity contribution >= 4 is 40.8 Å². The fraction of sp³-hybridized carbons (Fsp3) is 0. The summed E-state index contributed by atoms with van der Waals surface area (Å²) >= 11 is 7.38. The zero-order valence-corrected chi connectivity index (χ0v) is 11.2. The Balaban J connectivity index is 2.20. The Morgan fingerprint density at radius 2 is 2.00 bits per heavy atom. The molecule has 2 rings (SSSR count). The van der Waals surface area contributed by atoms with Crippen molar-refractivity contribution in [3.63, 3.8) is 0 Å². The third-order valence-corrected chi connectivity index (χ3v) is 3.68. The van der Waals surface area contributed by atoms with Gasteiger partial charge >= 0.3 is 5.97 Å². The molecule has 0 unspecified atom stereocenters. The first-order chi connectivity index (χ1) is 9.06. The average Bonchev–Trinajstić information content (AvgIpc) is 2.84. The molecule has 3 nitrogen and oxygen atoms in total. The number of carbonyl (C=O) groups excluding carboxylic acids is 1. The molecule has 0 aliphatic carbocycles. The van der Waals surface area contributed by atoms with Crippen LogP contribution in [-0.2, 0) is 9.59 Å². The summed E-state index contributed by atoms with van der Waals surface area (Å²) in [6, 6.07) is 11.2. The Morgan fingerprint density at radius 3 is 2.68 bits per heavy atom. The van der Waals surface area contributed by atoms with Gasteiger partial charge in [0.05, 0.1) is 0 Å². The summed E-state index contributed by atoms with van der Waals surface area (Å²) in [7, 11) is 0. The number of hydrogen-bond acceptors (Lipinski definition) is 3.